The van der Waals surface area contributed by atoms with Crippen LogP contribution < -0.4 is 4.72 Å². The van der Waals surface area contributed by atoms with E-state index in [0.29, 0.717) is 12.1 Å². The van der Waals surface area contributed by atoms with Crippen LogP contribution in [0.25, 0.3) is 0 Å². The summed E-state index contributed by atoms with van der Waals surface area (Å²) in [5, 5.41) is -3.07. The molecule has 0 unspecified atom stereocenters. The number of fused-ring (bicyclic) bond motifs is 1. The van der Waals surface area contributed by atoms with Crippen LogP contribution in [0.4, 0.5) is 8.78 Å². The van der Waals surface area contributed by atoms with Gasteiger partial charge < -0.3 is 0 Å². The largest absolute Gasteiger partial charge is 0.316 e. The van der Waals surface area contributed by atoms with Gasteiger partial charge in [0.1, 0.15) is 0 Å². The van der Waals surface area contributed by atoms with Gasteiger partial charge in [0, 0.05) is 23.5 Å². The molecule has 2 aliphatic rings. The zero-order valence-electron chi connectivity index (χ0n) is 14.6. The number of thiol groups is 2. The van der Waals surface area contributed by atoms with E-state index in [1.54, 1.807) is 12.3 Å². The minimum Gasteiger partial charge on any atom is -0.299 e. The Bertz CT molecular complexity index is 501. The first-order chi connectivity index (χ1) is 11.5. The van der Waals surface area contributed by atoms with E-state index in [9.17, 15) is 8.78 Å². The first-order valence-electron chi connectivity index (χ1n) is 8.37. The van der Waals surface area contributed by atoms with Gasteiger partial charge in [-0.15, -0.1) is 12.6 Å². The number of piperidine rings is 1. The van der Waals surface area contributed by atoms with Crippen molar-refractivity contribution in [2.75, 3.05) is 19.3 Å². The Balaban J connectivity index is 0.000000671. The molecule has 0 amide bonds. The minimum atomic E-state index is -3.07. The Hall–Kier alpha value is 0.0500. The molecule has 2 aliphatic heterocycles. The molecule has 3 rings (SSSR count). The van der Waals surface area contributed by atoms with Crippen LogP contribution in [0.5, 0.6) is 0 Å². The predicted octanol–water partition coefficient (Wildman–Crippen LogP) is 5.33. The molecule has 0 spiro atoms. The fourth-order valence-electron chi connectivity index (χ4n) is 2.90. The topological polar surface area (TPSA) is 15.3 Å². The normalized spacial score (nSPS) is 17.3. The van der Waals surface area contributed by atoms with Crippen molar-refractivity contribution in [2.24, 2.45) is 0 Å². The Labute approximate surface area is 160 Å². The van der Waals surface area contributed by atoms with Gasteiger partial charge in [-0.25, -0.2) is 0 Å². The molecule has 0 radical (unpaired) electrons. The molecule has 0 atom stereocenters. The SMILES string of the molecule is CC.CS.FC(F)(S)c1cc(CN2CCCCC2)cc2c1CNS2. The first kappa shape index (κ1) is 22.1. The smallest absolute Gasteiger partial charge is 0.299 e. The van der Waals surface area contributed by atoms with Crippen molar-refractivity contribution in [3.05, 3.63) is 28.8 Å². The summed E-state index contributed by atoms with van der Waals surface area (Å²) in [6.45, 7) is 7.37. The average Bonchev–Trinajstić information content (AvgIpc) is 3.06. The number of alkyl halides is 2. The quantitative estimate of drug-likeness (QED) is 0.474. The molecule has 1 aromatic rings. The van der Waals surface area contributed by atoms with Crippen LogP contribution in [-0.4, -0.2) is 24.2 Å². The molecule has 1 aromatic carbocycles. The number of hydrogen-bond acceptors (Lipinski definition) is 5. The van der Waals surface area contributed by atoms with Crippen molar-refractivity contribution >= 4 is 37.2 Å². The van der Waals surface area contributed by atoms with Gasteiger partial charge in [-0.05, 0) is 67.4 Å². The van der Waals surface area contributed by atoms with Crippen LogP contribution in [0.1, 0.15) is 49.8 Å². The maximum Gasteiger partial charge on any atom is 0.316 e. The maximum absolute atomic E-state index is 13.7. The van der Waals surface area contributed by atoms with Crippen molar-refractivity contribution in [2.45, 2.75) is 56.3 Å². The molecule has 0 aromatic heterocycles. The fraction of sp³-hybridized carbons (Fsp3) is 0.647. The molecule has 2 nitrogen and oxygen atoms in total. The molecule has 0 saturated carbocycles. The van der Waals surface area contributed by atoms with E-state index in [2.05, 4.69) is 34.9 Å². The van der Waals surface area contributed by atoms with Gasteiger partial charge in [-0.3, -0.25) is 9.62 Å². The summed E-state index contributed by atoms with van der Waals surface area (Å²) >= 11 is 8.44. The van der Waals surface area contributed by atoms with Crippen molar-refractivity contribution < 1.29 is 8.78 Å². The van der Waals surface area contributed by atoms with E-state index >= 15 is 0 Å². The summed E-state index contributed by atoms with van der Waals surface area (Å²) in [5.41, 5.74) is 1.71. The van der Waals surface area contributed by atoms with Crippen molar-refractivity contribution in [1.82, 2.24) is 9.62 Å². The van der Waals surface area contributed by atoms with E-state index in [1.807, 2.05) is 19.9 Å². The standard InChI is InChI=1S/C14H18F2N2S2.C2H6.CH4S/c15-14(16,19)12-6-10(7-13-11(12)8-17-20-13)9-18-4-2-1-3-5-18;2*1-2/h6-7,17,19H,1-5,8-9H2;1-2H3;2H,1H3. The first-order valence-corrected chi connectivity index (χ1v) is 10.5. The monoisotopic (exact) mass is 394 g/mol. The lowest BCUT2D eigenvalue weighted by molar-refractivity contribution is 0.106. The second-order valence-corrected chi connectivity index (χ2v) is 6.92. The number of likely N-dealkylation sites (tertiary alicyclic amines) is 1. The van der Waals surface area contributed by atoms with E-state index in [1.165, 1.54) is 31.2 Å². The number of nitrogens with one attached hydrogen (secondary N) is 1. The van der Waals surface area contributed by atoms with Crippen LogP contribution in [0.3, 0.4) is 0 Å². The molecule has 7 heteroatoms. The zero-order valence-corrected chi connectivity index (χ0v) is 17.2. The summed E-state index contributed by atoms with van der Waals surface area (Å²) < 4.78 is 30.4. The van der Waals surface area contributed by atoms with Crippen LogP contribution in [0, 0.1) is 0 Å². The highest BCUT2D eigenvalue weighted by Crippen LogP contribution is 2.41. The van der Waals surface area contributed by atoms with Crippen molar-refractivity contribution in [3.8, 4) is 0 Å². The lowest BCUT2D eigenvalue weighted by Gasteiger charge is -2.27. The number of halogens is 2. The van der Waals surface area contributed by atoms with E-state index in [-0.39, 0.29) is 5.56 Å². The summed E-state index contributed by atoms with van der Waals surface area (Å²) in [7, 11) is 0. The molecular formula is C17H28F2N2S3. The highest BCUT2D eigenvalue weighted by molar-refractivity contribution is 7.97. The molecule has 1 fully saturated rings. The lowest BCUT2D eigenvalue weighted by Crippen LogP contribution is -2.29. The third-order valence-corrected chi connectivity index (χ3v) is 4.99. The Kier molecular flexibility index (Phi) is 10.0. The Morgan fingerprint density at radius 3 is 2.38 bits per heavy atom. The third kappa shape index (κ3) is 6.09. The van der Waals surface area contributed by atoms with Gasteiger partial charge >= 0.3 is 5.25 Å². The average molecular weight is 395 g/mol. The fourth-order valence-corrected chi connectivity index (χ4v) is 3.98. The lowest BCUT2D eigenvalue weighted by atomic mass is 10.0. The van der Waals surface area contributed by atoms with Gasteiger partial charge in [0.2, 0.25) is 0 Å². The summed E-state index contributed by atoms with van der Waals surface area (Å²) in [6, 6.07) is 3.67. The number of nitrogens with zero attached hydrogens (tertiary/aromatic N) is 1. The van der Waals surface area contributed by atoms with Crippen LogP contribution >= 0.6 is 37.2 Å². The van der Waals surface area contributed by atoms with Gasteiger partial charge in [-0.1, -0.05) is 20.3 Å². The van der Waals surface area contributed by atoms with Gasteiger partial charge in [-0.2, -0.15) is 21.4 Å². The van der Waals surface area contributed by atoms with Crippen LogP contribution in [0.15, 0.2) is 17.0 Å². The Morgan fingerprint density at radius 2 is 1.79 bits per heavy atom. The summed E-state index contributed by atoms with van der Waals surface area (Å²) in [6.07, 6.45) is 5.38. The van der Waals surface area contributed by atoms with Crippen molar-refractivity contribution in [3.63, 3.8) is 0 Å². The van der Waals surface area contributed by atoms with Gasteiger partial charge in [0.05, 0.1) is 0 Å². The van der Waals surface area contributed by atoms with Crippen molar-refractivity contribution in [1.29, 1.82) is 0 Å². The molecule has 0 bridgehead atoms. The number of hydrogen-bond donors (Lipinski definition) is 3. The maximum atomic E-state index is 13.7. The van der Waals surface area contributed by atoms with Gasteiger partial charge in [0.15, 0.2) is 0 Å². The number of benzene rings is 1. The third-order valence-electron chi connectivity index (χ3n) is 3.88. The van der Waals surface area contributed by atoms with E-state index in [0.717, 1.165) is 30.1 Å². The molecule has 2 heterocycles. The summed E-state index contributed by atoms with van der Waals surface area (Å²) in [4.78, 5) is 3.27. The Morgan fingerprint density at radius 1 is 1.17 bits per heavy atom. The molecule has 138 valence electrons. The van der Waals surface area contributed by atoms with E-state index in [4.69, 9.17) is 0 Å². The van der Waals surface area contributed by atoms with Crippen LogP contribution in [0.2, 0.25) is 0 Å². The second-order valence-electron chi connectivity index (χ2n) is 5.42. The molecular weight excluding hydrogens is 366 g/mol. The predicted molar refractivity (Wildman–Crippen MR) is 107 cm³/mol. The highest BCUT2D eigenvalue weighted by atomic mass is 32.2. The van der Waals surface area contributed by atoms with Gasteiger partial charge in [0.25, 0.3) is 0 Å². The van der Waals surface area contributed by atoms with E-state index < -0.39 is 5.25 Å². The second kappa shape index (κ2) is 10.9. The zero-order chi connectivity index (χ0) is 18.2. The molecule has 24 heavy (non-hydrogen) atoms. The molecule has 1 saturated heterocycles. The minimum absolute atomic E-state index is 0.0582. The number of rotatable bonds is 3. The molecule has 0 aliphatic carbocycles. The summed E-state index contributed by atoms with van der Waals surface area (Å²) in [5.74, 6) is 0. The molecule has 1 N–H and O–H groups in total. The highest BCUT2D eigenvalue weighted by Gasteiger charge is 2.32. The van der Waals surface area contributed by atoms with Crippen LogP contribution in [-0.2, 0) is 18.3 Å².